The average Bonchev–Trinajstić information content (AvgIpc) is 1.65. The second kappa shape index (κ2) is 36.7. The third kappa shape index (κ3) is 20.2. The number of thiazole rings is 3. The molecule has 6 aromatic carbocycles. The maximum Gasteiger partial charge on any atom is 0.339 e. The van der Waals surface area contributed by atoms with Crippen molar-refractivity contribution in [2.75, 3.05) is 103 Å². The highest BCUT2D eigenvalue weighted by Gasteiger charge is 2.38. The summed E-state index contributed by atoms with van der Waals surface area (Å²) in [6.07, 6.45) is 8.13. The van der Waals surface area contributed by atoms with Gasteiger partial charge in [-0.1, -0.05) is 71.2 Å². The Labute approximate surface area is 729 Å². The summed E-state index contributed by atoms with van der Waals surface area (Å²) in [6, 6.07) is 36.2. The van der Waals surface area contributed by atoms with Crippen molar-refractivity contribution in [3.05, 3.63) is 199 Å². The van der Waals surface area contributed by atoms with Gasteiger partial charge in [-0.25, -0.2) is 29.3 Å². The van der Waals surface area contributed by atoms with Crippen LogP contribution in [0.2, 0.25) is 15.1 Å². The fraction of sp³-hybridized carbons (Fsp3) is 0.374. The van der Waals surface area contributed by atoms with Crippen LogP contribution in [-0.4, -0.2) is 185 Å². The Morgan fingerprint density at radius 1 is 0.437 bits per heavy atom. The van der Waals surface area contributed by atoms with Gasteiger partial charge in [-0.3, -0.25) is 24.8 Å². The van der Waals surface area contributed by atoms with Crippen molar-refractivity contribution in [3.63, 3.8) is 0 Å². The van der Waals surface area contributed by atoms with Gasteiger partial charge in [-0.05, 0) is 205 Å². The third-order valence-corrected chi connectivity index (χ3v) is 25.6. The maximum absolute atomic E-state index is 13.2. The van der Waals surface area contributed by atoms with Crippen LogP contribution in [-0.2, 0) is 47.5 Å². The van der Waals surface area contributed by atoms with E-state index in [9.17, 15) is 19.5 Å². The van der Waals surface area contributed by atoms with Crippen molar-refractivity contribution < 1.29 is 52.6 Å². The van der Waals surface area contributed by atoms with Crippen molar-refractivity contribution in [2.24, 2.45) is 0 Å². The fourth-order valence-corrected chi connectivity index (χ4v) is 19.3. The van der Waals surface area contributed by atoms with E-state index in [-0.39, 0.29) is 0 Å². The Morgan fingerprint density at radius 2 is 0.739 bits per heavy atom. The lowest BCUT2D eigenvalue weighted by Gasteiger charge is -2.43. The van der Waals surface area contributed by atoms with E-state index in [1.807, 2.05) is 205 Å². The molecule has 622 valence electrons. The van der Waals surface area contributed by atoms with Crippen LogP contribution in [0.25, 0.3) is 95.7 Å². The summed E-state index contributed by atoms with van der Waals surface area (Å²) in [5, 5.41) is 14.7. The number of benzene rings is 6. The van der Waals surface area contributed by atoms with E-state index in [0.717, 1.165) is 218 Å². The molecule has 4 aliphatic rings. The second-order valence-electron chi connectivity index (χ2n) is 33.0. The molecule has 6 aromatic heterocycles. The van der Waals surface area contributed by atoms with E-state index >= 15 is 0 Å². The summed E-state index contributed by atoms with van der Waals surface area (Å²) in [7, 11) is 2.77. The Kier molecular flexibility index (Phi) is 26.8. The third-order valence-electron chi connectivity index (χ3n) is 21.0. The number of hydrogen-bond donors (Lipinski definition) is 1. The summed E-state index contributed by atoms with van der Waals surface area (Å²) in [5.74, 6) is -1.93. The van der Waals surface area contributed by atoms with Gasteiger partial charge in [-0.2, -0.15) is 0 Å². The van der Waals surface area contributed by atoms with Crippen LogP contribution in [0.5, 0.6) is 0 Å². The molecule has 1 N–H and O–H groups in total. The molecule has 0 amide bonds. The molecule has 119 heavy (non-hydrogen) atoms. The topological polar surface area (TPSA) is 226 Å². The van der Waals surface area contributed by atoms with E-state index in [1.54, 1.807) is 46.4 Å². The average molecular weight is 1790 g/mol. The maximum atomic E-state index is 13.2. The Balaban J connectivity index is 0.000000148. The minimum absolute atomic E-state index is 0.445. The minimum atomic E-state index is -1.15. The van der Waals surface area contributed by atoms with Crippen LogP contribution in [0.15, 0.2) is 151 Å². The largest absolute Gasteiger partial charge is 0.479 e. The van der Waals surface area contributed by atoms with Crippen molar-refractivity contribution in [2.45, 2.75) is 130 Å². The number of aryl methyl sites for hydroxylation is 3. The van der Waals surface area contributed by atoms with Gasteiger partial charge in [0.05, 0.1) is 124 Å². The number of aromatic nitrogens is 6. The number of rotatable bonds is 19. The Bertz CT molecular complexity index is 5690. The molecular formula is C91H96BrCl3N10O11S3. The van der Waals surface area contributed by atoms with E-state index in [0.29, 0.717) is 32.7 Å². The van der Waals surface area contributed by atoms with Crippen molar-refractivity contribution in [1.29, 1.82) is 0 Å². The molecule has 16 rings (SSSR count). The Hall–Kier alpha value is -8.48. The molecule has 0 unspecified atom stereocenters. The van der Waals surface area contributed by atoms with E-state index in [1.165, 1.54) is 14.2 Å². The molecule has 3 atom stereocenters. The SMILES string of the molecule is COC(=O)[C@@H](OC(C)(C)C)c1c(C)cc2nc(-c3cncc(Br)c3)sc2c1-c1ccc(Cl)cc1.COC(=O)[C@@H](OC(C)(C)C)c1c(C)cc2nc(-c3cncc(N4CCN(C5COC5)CC4)c3)sc2c1-c1ccc(Cl)cc1.Cc1cc2nc(-c3cncc(N4CCN(C5COC5)CC4)c3)sc2c(-c2ccc(Cl)cc2)c1[C@H](OC(C)(C)C)C(=O)O. The number of aliphatic carboxylic acids is 1. The standard InChI is InChI=1S/C33H37ClN4O4S.C32H35ClN4O4S.C26H24BrClN2O3S/c1-20-14-26-30(28(21-6-8-23(34)9-7-21)27(20)29(32(39)40-5)42-33(2,3)4)43-31(36-26)22-15-24(17-35-16-22)37-10-12-38(13-11-37)25-18-41-19-25;1-19-13-25-29(27(20-5-7-22(33)8-6-20)26(19)28(31(38)39)41-32(2,3)4)42-30(35-25)21-14-23(16-34-15-21)36-9-11-37(12-10-36)24-17-40-18-24;1-14-10-19-23(34-24(30-19)16-11-17(27)13-29-12-16)21(15-6-8-18(28)9-7-15)20(14)22(25(31)32-5)33-26(2,3)4/h6-9,14-17,25,29H,10-13,18-19H2,1-5H3;5-8,13-16,24,28H,9-12,17-18H2,1-4H3,(H,38,39);6-13,22H,1-5H3/t29-;28-;22-/m000/s1. The highest BCUT2D eigenvalue weighted by molar-refractivity contribution is 9.10. The number of nitrogens with zero attached hydrogens (tertiary/aromatic N) is 10. The first-order chi connectivity index (χ1) is 56.7. The van der Waals surface area contributed by atoms with E-state index < -0.39 is 53.0 Å². The summed E-state index contributed by atoms with van der Waals surface area (Å²) in [4.78, 5) is 77.1. The van der Waals surface area contributed by atoms with Gasteiger partial charge in [-0.15, -0.1) is 34.0 Å². The zero-order valence-corrected chi connectivity index (χ0v) is 75.3. The van der Waals surface area contributed by atoms with Gasteiger partial charge in [0, 0.05) is 147 Å². The van der Waals surface area contributed by atoms with Crippen LogP contribution >= 0.6 is 84.7 Å². The molecule has 4 fully saturated rings. The van der Waals surface area contributed by atoms with Crippen molar-refractivity contribution >= 4 is 145 Å². The summed E-state index contributed by atoms with van der Waals surface area (Å²) < 4.78 is 43.6. The highest BCUT2D eigenvalue weighted by atomic mass is 79.9. The van der Waals surface area contributed by atoms with Gasteiger partial charge >= 0.3 is 17.9 Å². The number of methoxy groups -OCH3 is 2. The number of piperazine rings is 2. The molecule has 10 heterocycles. The predicted octanol–water partition coefficient (Wildman–Crippen LogP) is 20.8. The number of esters is 2. The van der Waals surface area contributed by atoms with Gasteiger partial charge in [0.25, 0.3) is 0 Å². The molecule has 4 aliphatic heterocycles. The number of ether oxygens (including phenoxy) is 7. The molecule has 0 aliphatic carbocycles. The minimum Gasteiger partial charge on any atom is -0.479 e. The molecule has 0 radical (unpaired) electrons. The lowest BCUT2D eigenvalue weighted by atomic mass is 9.91. The summed E-state index contributed by atoms with van der Waals surface area (Å²) >= 11 is 26.9. The van der Waals surface area contributed by atoms with Crippen molar-refractivity contribution in [3.8, 4) is 65.1 Å². The lowest BCUT2D eigenvalue weighted by molar-refractivity contribution is -0.164. The molecule has 0 spiro atoms. The van der Waals surface area contributed by atoms with E-state index in [2.05, 4.69) is 62.6 Å². The molecule has 0 saturated carbocycles. The highest BCUT2D eigenvalue weighted by Crippen LogP contribution is 2.49. The molecule has 28 heteroatoms. The number of halogens is 4. The molecule has 0 bridgehead atoms. The van der Waals surface area contributed by atoms with E-state index in [4.69, 9.17) is 82.9 Å². The Morgan fingerprint density at radius 3 is 1.03 bits per heavy atom. The zero-order valence-electron chi connectivity index (χ0n) is 69.0. The number of carbonyl (C=O) groups is 3. The number of pyridine rings is 3. The van der Waals surface area contributed by atoms with Crippen LogP contribution in [0.4, 0.5) is 11.4 Å². The number of carboxylic acids is 1. The zero-order chi connectivity index (χ0) is 84.5. The molecule has 21 nitrogen and oxygen atoms in total. The first-order valence-electron chi connectivity index (χ1n) is 39.4. The number of anilines is 2. The quantitative estimate of drug-likeness (QED) is 0.0742. The first-order valence-corrected chi connectivity index (χ1v) is 43.8. The number of carbonyl (C=O) groups excluding carboxylic acids is 2. The number of carboxylic acid groups (broad SMARTS) is 1. The van der Waals surface area contributed by atoms with Crippen LogP contribution < -0.4 is 9.80 Å². The van der Waals surface area contributed by atoms with Crippen LogP contribution in [0.3, 0.4) is 0 Å². The summed E-state index contributed by atoms with van der Waals surface area (Å²) in [6.45, 7) is 34.2. The van der Waals surface area contributed by atoms with Gasteiger partial charge in [0.2, 0.25) is 0 Å². The van der Waals surface area contributed by atoms with Gasteiger partial charge in [0.1, 0.15) is 15.0 Å². The second-order valence-corrected chi connectivity index (χ2v) is 38.2. The van der Waals surface area contributed by atoms with Crippen LogP contribution in [0, 0.1) is 20.8 Å². The fourth-order valence-electron chi connectivity index (χ4n) is 15.2. The predicted molar refractivity (Wildman–Crippen MR) is 481 cm³/mol. The first kappa shape index (κ1) is 86.9. The normalized spacial score (nSPS) is 16.0. The lowest BCUT2D eigenvalue weighted by Crippen LogP contribution is -2.56. The monoisotopic (exact) mass is 1780 g/mol. The van der Waals surface area contributed by atoms with Gasteiger partial charge in [0.15, 0.2) is 18.3 Å². The van der Waals surface area contributed by atoms with Gasteiger partial charge < -0.3 is 48.1 Å². The number of fused-ring (bicyclic) bond motifs is 3. The smallest absolute Gasteiger partial charge is 0.339 e. The molecular weight excluding hydrogens is 1690 g/mol. The number of hydrogen-bond acceptors (Lipinski definition) is 23. The van der Waals surface area contributed by atoms with Crippen LogP contribution in [0.1, 0.15) is 114 Å². The van der Waals surface area contributed by atoms with Crippen molar-refractivity contribution in [1.82, 2.24) is 39.7 Å². The summed E-state index contributed by atoms with van der Waals surface area (Å²) in [5.41, 5.74) is 15.7. The molecule has 4 saturated heterocycles. The molecule has 12 aromatic rings.